The van der Waals surface area contributed by atoms with E-state index in [4.69, 9.17) is 0 Å². The van der Waals surface area contributed by atoms with Crippen molar-refractivity contribution >= 4 is 17.5 Å². The van der Waals surface area contributed by atoms with Crippen molar-refractivity contribution in [3.05, 3.63) is 94.5 Å². The van der Waals surface area contributed by atoms with Crippen LogP contribution < -0.4 is 5.32 Å². The minimum atomic E-state index is -4.63. The van der Waals surface area contributed by atoms with Crippen LogP contribution in [0, 0.1) is 24.5 Å². The van der Waals surface area contributed by atoms with Gasteiger partial charge in [-0.2, -0.15) is 13.2 Å². The fraction of sp³-hybridized carbons (Fsp3) is 0.276. The zero-order chi connectivity index (χ0) is 30.2. The molecule has 216 valence electrons. The van der Waals surface area contributed by atoms with Gasteiger partial charge < -0.3 is 10.4 Å². The van der Waals surface area contributed by atoms with Crippen LogP contribution in [0.5, 0.6) is 0 Å². The van der Waals surface area contributed by atoms with Crippen LogP contribution in [0.1, 0.15) is 30.7 Å². The summed E-state index contributed by atoms with van der Waals surface area (Å²) in [5.74, 6) is -5.01. The molecule has 0 saturated carbocycles. The van der Waals surface area contributed by atoms with Crippen molar-refractivity contribution in [2.75, 3.05) is 12.4 Å². The van der Waals surface area contributed by atoms with Crippen LogP contribution in [0.2, 0.25) is 0 Å². The van der Waals surface area contributed by atoms with E-state index in [1.807, 2.05) is 0 Å². The van der Waals surface area contributed by atoms with Gasteiger partial charge in [0.1, 0.15) is 17.0 Å². The number of likely N-dealkylation sites (N-methyl/N-ethyl adjacent to an activating group) is 1. The van der Waals surface area contributed by atoms with Crippen LogP contribution in [-0.2, 0) is 22.3 Å². The lowest BCUT2D eigenvalue weighted by Gasteiger charge is -2.43. The maximum atomic E-state index is 14.5. The summed E-state index contributed by atoms with van der Waals surface area (Å²) in [5, 5.41) is 16.1. The van der Waals surface area contributed by atoms with Gasteiger partial charge in [0.15, 0.2) is 11.6 Å². The van der Waals surface area contributed by atoms with Gasteiger partial charge in [0.2, 0.25) is 0 Å². The normalized spacial score (nSPS) is 16.5. The third-order valence-corrected chi connectivity index (χ3v) is 6.77. The molecule has 2 amide bonds. The highest BCUT2D eigenvalue weighted by molar-refractivity contribution is 6.24. The summed E-state index contributed by atoms with van der Waals surface area (Å²) in [7, 11) is 1.49. The molecule has 4 rings (SSSR count). The third kappa shape index (κ3) is 5.92. The number of rotatable bonds is 6. The van der Waals surface area contributed by atoms with Crippen LogP contribution in [0.4, 0.5) is 27.6 Å². The number of aliphatic hydroxyl groups excluding tert-OH is 1. The van der Waals surface area contributed by atoms with Crippen LogP contribution >= 0.6 is 0 Å². The number of anilines is 1. The Morgan fingerprint density at radius 3 is 2.44 bits per heavy atom. The summed E-state index contributed by atoms with van der Waals surface area (Å²) in [6, 6.07) is 9.48. The number of aromatic nitrogens is 1. The minimum absolute atomic E-state index is 0.135. The van der Waals surface area contributed by atoms with Crippen molar-refractivity contribution in [2.24, 2.45) is 5.92 Å². The van der Waals surface area contributed by atoms with Gasteiger partial charge >= 0.3 is 6.18 Å². The fourth-order valence-electron chi connectivity index (χ4n) is 4.74. The number of hydrazine groups is 1. The summed E-state index contributed by atoms with van der Waals surface area (Å²) in [5.41, 5.74) is -0.329. The number of hydrogen-bond acceptors (Lipinski definition) is 5. The van der Waals surface area contributed by atoms with E-state index in [0.717, 1.165) is 28.9 Å². The lowest BCUT2D eigenvalue weighted by Crippen LogP contribution is -2.57. The summed E-state index contributed by atoms with van der Waals surface area (Å²) in [6.45, 7) is 4.83. The number of halogens is 5. The monoisotopic (exact) mass is 574 g/mol. The predicted octanol–water partition coefficient (Wildman–Crippen LogP) is 6.02. The van der Waals surface area contributed by atoms with Crippen molar-refractivity contribution in [1.29, 1.82) is 0 Å². The van der Waals surface area contributed by atoms with Crippen LogP contribution in [0.15, 0.2) is 66.1 Å². The summed E-state index contributed by atoms with van der Waals surface area (Å²) < 4.78 is 67.4. The Kier molecular flexibility index (Phi) is 8.16. The first-order valence-electron chi connectivity index (χ1n) is 12.6. The van der Waals surface area contributed by atoms with Crippen molar-refractivity contribution in [1.82, 2.24) is 15.0 Å². The first-order chi connectivity index (χ1) is 19.2. The van der Waals surface area contributed by atoms with Gasteiger partial charge in [-0.15, -0.1) is 0 Å². The first kappa shape index (κ1) is 29.7. The maximum absolute atomic E-state index is 14.5. The summed E-state index contributed by atoms with van der Waals surface area (Å²) >= 11 is 0. The highest BCUT2D eigenvalue weighted by Gasteiger charge is 2.43. The Morgan fingerprint density at radius 2 is 1.83 bits per heavy atom. The SMILES string of the molecule is Cc1ccc(NC(=O)C2=C(O)C(C(C)C)N(C)N(Cc3cccc(F)c3F)C2=O)c(-c2ccc(C(F)(F)F)nc2)c1. The number of pyridine rings is 1. The largest absolute Gasteiger partial charge is 0.510 e. The molecule has 1 unspecified atom stereocenters. The van der Waals surface area contributed by atoms with Crippen molar-refractivity contribution < 1.29 is 36.6 Å². The predicted molar refractivity (Wildman–Crippen MR) is 141 cm³/mol. The smallest absolute Gasteiger partial charge is 0.433 e. The third-order valence-electron chi connectivity index (χ3n) is 6.77. The molecule has 1 aromatic heterocycles. The topological polar surface area (TPSA) is 85.8 Å². The molecule has 7 nitrogen and oxygen atoms in total. The average molecular weight is 575 g/mol. The molecule has 41 heavy (non-hydrogen) atoms. The molecule has 12 heteroatoms. The van der Waals surface area contributed by atoms with E-state index in [1.54, 1.807) is 32.9 Å². The van der Waals surface area contributed by atoms with E-state index in [0.29, 0.717) is 5.56 Å². The lowest BCUT2D eigenvalue weighted by molar-refractivity contribution is -0.155. The maximum Gasteiger partial charge on any atom is 0.433 e. The van der Waals surface area contributed by atoms with E-state index >= 15 is 0 Å². The lowest BCUT2D eigenvalue weighted by atomic mass is 9.95. The second-order valence-corrected chi connectivity index (χ2v) is 10.0. The van der Waals surface area contributed by atoms with Crippen molar-refractivity contribution in [3.63, 3.8) is 0 Å². The zero-order valence-electron chi connectivity index (χ0n) is 22.6. The Bertz CT molecular complexity index is 1520. The molecule has 2 N–H and O–H groups in total. The van der Waals surface area contributed by atoms with Crippen LogP contribution in [-0.4, -0.2) is 45.0 Å². The molecule has 0 aliphatic carbocycles. The van der Waals surface area contributed by atoms with Crippen LogP contribution in [0.25, 0.3) is 11.1 Å². The van der Waals surface area contributed by atoms with Gasteiger partial charge in [-0.05, 0) is 37.1 Å². The number of benzene rings is 2. The number of nitrogens with zero attached hydrogens (tertiary/aromatic N) is 3. The molecule has 0 saturated heterocycles. The molecule has 0 spiro atoms. The Hall–Kier alpha value is -4.32. The molecular weight excluding hydrogens is 547 g/mol. The molecule has 0 radical (unpaired) electrons. The number of alkyl halides is 3. The standard InChI is InChI=1S/C29H27F5N4O3/c1-15(2)25-26(39)23(28(41)38(37(25)4)14-18-6-5-7-20(30)24(18)31)27(40)36-21-10-8-16(3)12-19(21)17-9-11-22(35-13-17)29(32,33)34/h5-13,15,25,39H,14H2,1-4H3,(H,36,40). The number of aliphatic hydroxyl groups is 1. The van der Waals surface area contributed by atoms with Gasteiger partial charge in [-0.3, -0.25) is 19.6 Å². The number of aryl methyl sites for hydroxylation is 1. The molecule has 2 aromatic carbocycles. The van der Waals surface area contributed by atoms with Crippen molar-refractivity contribution in [3.8, 4) is 11.1 Å². The zero-order valence-corrected chi connectivity index (χ0v) is 22.6. The first-order valence-corrected chi connectivity index (χ1v) is 12.6. The van der Waals surface area contributed by atoms with Gasteiger partial charge in [0, 0.05) is 35.6 Å². The van der Waals surface area contributed by atoms with Gasteiger partial charge in [0.25, 0.3) is 11.8 Å². The number of hydrogen-bond donors (Lipinski definition) is 2. The van der Waals surface area contributed by atoms with Crippen molar-refractivity contribution in [2.45, 2.75) is 39.5 Å². The Morgan fingerprint density at radius 1 is 1.12 bits per heavy atom. The Balaban J connectivity index is 1.71. The van der Waals surface area contributed by atoms with E-state index < -0.39 is 59.2 Å². The molecule has 1 aliphatic heterocycles. The summed E-state index contributed by atoms with van der Waals surface area (Å²) in [4.78, 5) is 30.6. The number of carbonyl (C=O) groups is 2. The number of nitrogens with one attached hydrogen (secondary N) is 1. The highest BCUT2D eigenvalue weighted by atomic mass is 19.4. The second-order valence-electron chi connectivity index (χ2n) is 10.0. The number of carbonyl (C=O) groups excluding carboxylic acids is 2. The van der Waals surface area contributed by atoms with E-state index in [1.165, 1.54) is 36.3 Å². The highest BCUT2D eigenvalue weighted by Crippen LogP contribution is 2.34. The van der Waals surface area contributed by atoms with E-state index in [-0.39, 0.29) is 22.7 Å². The minimum Gasteiger partial charge on any atom is -0.510 e. The Labute approximate surface area is 232 Å². The summed E-state index contributed by atoms with van der Waals surface area (Å²) in [6.07, 6.45) is -3.61. The molecular formula is C29H27F5N4O3. The van der Waals surface area contributed by atoms with E-state index in [2.05, 4.69) is 10.3 Å². The quantitative estimate of drug-likeness (QED) is 0.278. The molecule has 1 atom stereocenters. The van der Waals surface area contributed by atoms with Gasteiger partial charge in [0.05, 0.1) is 12.6 Å². The molecule has 3 aromatic rings. The van der Waals surface area contributed by atoms with Crippen LogP contribution in [0.3, 0.4) is 0 Å². The fourth-order valence-corrected chi connectivity index (χ4v) is 4.74. The molecule has 0 bridgehead atoms. The average Bonchev–Trinajstić information content (AvgIpc) is 2.89. The molecule has 0 fully saturated rings. The van der Waals surface area contributed by atoms with Gasteiger partial charge in [-0.1, -0.05) is 43.7 Å². The van der Waals surface area contributed by atoms with Gasteiger partial charge in [-0.25, -0.2) is 13.8 Å². The molecule has 1 aliphatic rings. The molecule has 2 heterocycles. The second kappa shape index (κ2) is 11.3. The number of amides is 2. The van der Waals surface area contributed by atoms with E-state index in [9.17, 15) is 36.6 Å².